The molecule has 0 saturated heterocycles. The third-order valence-corrected chi connectivity index (χ3v) is 4.28. The fourth-order valence-corrected chi connectivity index (χ4v) is 2.63. The third kappa shape index (κ3) is 4.05. The average Bonchev–Trinajstić information content (AvgIpc) is 2.86. The van der Waals surface area contributed by atoms with Gasteiger partial charge in [0.05, 0.1) is 29.9 Å². The van der Waals surface area contributed by atoms with E-state index < -0.39 is 9.84 Å². The van der Waals surface area contributed by atoms with Crippen LogP contribution in [0.15, 0.2) is 41.6 Å². The molecule has 2 rings (SSSR count). The monoisotopic (exact) mass is 309 g/mol. The summed E-state index contributed by atoms with van der Waals surface area (Å²) in [4.78, 5) is 0.314. The second-order valence-corrected chi connectivity index (χ2v) is 6.94. The molecule has 7 heteroatoms. The normalized spacial score (nSPS) is 13.1. The van der Waals surface area contributed by atoms with E-state index in [9.17, 15) is 8.42 Å². The van der Waals surface area contributed by atoms with Gasteiger partial charge in [0.15, 0.2) is 9.84 Å². The fourth-order valence-electron chi connectivity index (χ4n) is 2.00. The molecule has 1 heterocycles. The van der Waals surface area contributed by atoms with Crippen LogP contribution in [0, 0.1) is 0 Å². The molecule has 114 valence electrons. The fraction of sp³-hybridized carbons (Fsp3) is 0.357. The van der Waals surface area contributed by atoms with Crippen molar-refractivity contribution in [1.82, 2.24) is 9.78 Å². The highest BCUT2D eigenvalue weighted by Crippen LogP contribution is 2.20. The van der Waals surface area contributed by atoms with Gasteiger partial charge in [-0.15, -0.1) is 0 Å². The Bertz CT molecular complexity index is 693. The van der Waals surface area contributed by atoms with E-state index in [0.717, 1.165) is 11.3 Å². The second-order valence-electron chi connectivity index (χ2n) is 4.92. The molecule has 0 spiro atoms. The summed E-state index contributed by atoms with van der Waals surface area (Å²) in [6.07, 6.45) is 4.70. The topological polar surface area (TPSA) is 84.2 Å². The van der Waals surface area contributed by atoms with Gasteiger partial charge in [-0.25, -0.2) is 8.42 Å². The number of rotatable bonds is 6. The maximum atomic E-state index is 11.4. The van der Waals surface area contributed by atoms with Gasteiger partial charge in [-0.1, -0.05) is 12.1 Å². The van der Waals surface area contributed by atoms with Crippen molar-refractivity contribution in [2.45, 2.75) is 24.4 Å². The maximum Gasteiger partial charge on any atom is 0.175 e. The molecule has 21 heavy (non-hydrogen) atoms. The number of hydrogen-bond acceptors (Lipinski definition) is 5. The number of benzene rings is 1. The highest BCUT2D eigenvalue weighted by atomic mass is 32.2. The summed E-state index contributed by atoms with van der Waals surface area (Å²) in [6.45, 7) is 2.49. The lowest BCUT2D eigenvalue weighted by Gasteiger charge is -2.14. The van der Waals surface area contributed by atoms with Crippen LogP contribution in [0.5, 0.6) is 0 Å². The van der Waals surface area contributed by atoms with Crippen molar-refractivity contribution in [2.24, 2.45) is 0 Å². The SMILES string of the molecule is CC(Nc1cnn(CCO)c1)c1ccc(S(C)(=O)=O)cc1. The zero-order valence-corrected chi connectivity index (χ0v) is 12.8. The predicted octanol–water partition coefficient (Wildman–Crippen LogP) is 1.45. The Labute approximate surface area is 124 Å². The van der Waals surface area contributed by atoms with Crippen LogP contribution in [0.4, 0.5) is 5.69 Å². The van der Waals surface area contributed by atoms with Crippen LogP contribution in [-0.4, -0.2) is 36.2 Å². The first-order chi connectivity index (χ1) is 9.90. The van der Waals surface area contributed by atoms with E-state index in [4.69, 9.17) is 5.11 Å². The zero-order valence-electron chi connectivity index (χ0n) is 12.0. The molecule has 0 fully saturated rings. The van der Waals surface area contributed by atoms with Gasteiger partial charge in [0.1, 0.15) is 0 Å². The minimum atomic E-state index is -3.16. The molecule has 1 unspecified atom stereocenters. The molecule has 2 N–H and O–H groups in total. The van der Waals surface area contributed by atoms with Crippen LogP contribution < -0.4 is 5.32 Å². The van der Waals surface area contributed by atoms with Crippen LogP contribution in [0.1, 0.15) is 18.5 Å². The predicted molar refractivity (Wildman–Crippen MR) is 80.9 cm³/mol. The first-order valence-electron chi connectivity index (χ1n) is 6.60. The van der Waals surface area contributed by atoms with E-state index in [-0.39, 0.29) is 12.6 Å². The lowest BCUT2D eigenvalue weighted by Crippen LogP contribution is -2.07. The molecule has 0 aliphatic heterocycles. The van der Waals surface area contributed by atoms with Crippen LogP contribution in [0.3, 0.4) is 0 Å². The summed E-state index contributed by atoms with van der Waals surface area (Å²) in [5.74, 6) is 0. The van der Waals surface area contributed by atoms with Crippen LogP contribution in [0.25, 0.3) is 0 Å². The summed E-state index contributed by atoms with van der Waals surface area (Å²) in [5.41, 5.74) is 1.83. The number of nitrogens with one attached hydrogen (secondary N) is 1. The van der Waals surface area contributed by atoms with Gasteiger partial charge < -0.3 is 10.4 Å². The molecule has 0 amide bonds. The van der Waals surface area contributed by atoms with Crippen LogP contribution in [-0.2, 0) is 16.4 Å². The summed E-state index contributed by atoms with van der Waals surface area (Å²) >= 11 is 0. The first-order valence-corrected chi connectivity index (χ1v) is 8.49. The Morgan fingerprint density at radius 3 is 2.57 bits per heavy atom. The van der Waals surface area contributed by atoms with Crippen molar-refractivity contribution < 1.29 is 13.5 Å². The Hall–Kier alpha value is -1.86. The van der Waals surface area contributed by atoms with Crippen molar-refractivity contribution in [3.63, 3.8) is 0 Å². The van der Waals surface area contributed by atoms with Crippen molar-refractivity contribution in [3.8, 4) is 0 Å². The zero-order chi connectivity index (χ0) is 15.5. The van der Waals surface area contributed by atoms with Crippen molar-refractivity contribution in [3.05, 3.63) is 42.2 Å². The molecule has 0 saturated carbocycles. The van der Waals surface area contributed by atoms with E-state index in [1.807, 2.05) is 13.1 Å². The van der Waals surface area contributed by atoms with Gasteiger partial charge in [-0.3, -0.25) is 4.68 Å². The van der Waals surface area contributed by atoms with E-state index in [2.05, 4.69) is 10.4 Å². The number of nitrogens with zero attached hydrogens (tertiary/aromatic N) is 2. The summed E-state index contributed by atoms with van der Waals surface area (Å²) in [5, 5.41) is 16.2. The second kappa shape index (κ2) is 6.28. The van der Waals surface area contributed by atoms with E-state index >= 15 is 0 Å². The molecular weight excluding hydrogens is 290 g/mol. The molecule has 1 aromatic heterocycles. The first kappa shape index (κ1) is 15.5. The Balaban J connectivity index is 2.07. The largest absolute Gasteiger partial charge is 0.394 e. The molecule has 1 aromatic carbocycles. The quantitative estimate of drug-likeness (QED) is 0.844. The van der Waals surface area contributed by atoms with Gasteiger partial charge in [0.25, 0.3) is 0 Å². The highest BCUT2D eigenvalue weighted by Gasteiger charge is 2.10. The lowest BCUT2D eigenvalue weighted by molar-refractivity contribution is 0.269. The molecule has 6 nitrogen and oxygen atoms in total. The van der Waals surface area contributed by atoms with Crippen molar-refractivity contribution in [1.29, 1.82) is 0 Å². The van der Waals surface area contributed by atoms with Crippen molar-refractivity contribution in [2.75, 3.05) is 18.2 Å². The van der Waals surface area contributed by atoms with Gasteiger partial charge in [0, 0.05) is 18.5 Å². The molecule has 2 aromatic rings. The standard InChI is InChI=1S/C14H19N3O3S/c1-11(16-13-9-15-17(10-13)7-8-18)12-3-5-14(6-4-12)21(2,19)20/h3-6,9-11,16,18H,7-8H2,1-2H3. The number of hydrogen-bond donors (Lipinski definition) is 2. The number of aromatic nitrogens is 2. The van der Waals surface area contributed by atoms with Crippen LogP contribution >= 0.6 is 0 Å². The minimum absolute atomic E-state index is 0.0189. The van der Waals surface area contributed by atoms with Crippen LogP contribution in [0.2, 0.25) is 0 Å². The smallest absolute Gasteiger partial charge is 0.175 e. The Kier molecular flexibility index (Phi) is 4.64. The summed E-state index contributed by atoms with van der Waals surface area (Å²) in [6, 6.07) is 6.83. The average molecular weight is 309 g/mol. The van der Waals surface area contributed by atoms with Gasteiger partial charge in [0.2, 0.25) is 0 Å². The number of aliphatic hydroxyl groups is 1. The highest BCUT2D eigenvalue weighted by molar-refractivity contribution is 7.90. The Morgan fingerprint density at radius 1 is 1.33 bits per heavy atom. The Morgan fingerprint density at radius 2 is 2.00 bits per heavy atom. The molecule has 1 atom stereocenters. The summed E-state index contributed by atoms with van der Waals surface area (Å²) < 4.78 is 24.5. The van der Waals surface area contributed by atoms with E-state index in [0.29, 0.717) is 11.4 Å². The van der Waals surface area contributed by atoms with E-state index in [1.54, 1.807) is 35.1 Å². The maximum absolute atomic E-state index is 11.4. The molecular formula is C14H19N3O3S. The molecule has 0 aliphatic rings. The lowest BCUT2D eigenvalue weighted by atomic mass is 10.1. The van der Waals surface area contributed by atoms with Gasteiger partial charge in [-0.05, 0) is 24.6 Å². The minimum Gasteiger partial charge on any atom is -0.394 e. The third-order valence-electron chi connectivity index (χ3n) is 3.15. The number of aliphatic hydroxyl groups excluding tert-OH is 1. The molecule has 0 aliphatic carbocycles. The summed E-state index contributed by atoms with van der Waals surface area (Å²) in [7, 11) is -3.16. The molecule has 0 bridgehead atoms. The number of anilines is 1. The van der Waals surface area contributed by atoms with E-state index in [1.165, 1.54) is 6.26 Å². The van der Waals surface area contributed by atoms with Gasteiger partial charge in [-0.2, -0.15) is 5.10 Å². The molecule has 0 radical (unpaired) electrons. The number of sulfone groups is 1. The van der Waals surface area contributed by atoms with Gasteiger partial charge >= 0.3 is 0 Å². The van der Waals surface area contributed by atoms with Crippen molar-refractivity contribution >= 4 is 15.5 Å².